The first kappa shape index (κ1) is 23.0. The summed E-state index contributed by atoms with van der Waals surface area (Å²) >= 11 is 0. The molecule has 7 nitrogen and oxygen atoms in total. The van der Waals surface area contributed by atoms with Crippen molar-refractivity contribution in [1.29, 1.82) is 0 Å². The number of amides is 1. The fraction of sp³-hybridized carbons (Fsp3) is 0.222. The molecule has 3 aromatic rings. The molecule has 1 aliphatic rings. The van der Waals surface area contributed by atoms with Gasteiger partial charge in [0, 0.05) is 17.3 Å². The summed E-state index contributed by atoms with van der Waals surface area (Å²) < 4.78 is 15.8. The lowest BCUT2D eigenvalue weighted by Crippen LogP contribution is -2.20. The Morgan fingerprint density at radius 2 is 1.59 bits per heavy atom. The van der Waals surface area contributed by atoms with Crippen LogP contribution in [0.3, 0.4) is 0 Å². The van der Waals surface area contributed by atoms with Gasteiger partial charge in [-0.25, -0.2) is 4.79 Å². The Morgan fingerprint density at radius 3 is 2.38 bits per heavy atom. The largest absolute Gasteiger partial charge is 0.497 e. The number of rotatable bonds is 9. The van der Waals surface area contributed by atoms with E-state index in [1.165, 1.54) is 23.3 Å². The van der Waals surface area contributed by atoms with Gasteiger partial charge in [-0.3, -0.25) is 9.59 Å². The molecule has 0 bridgehead atoms. The first-order valence-corrected chi connectivity index (χ1v) is 11.0. The number of fused-ring (bicyclic) bond motifs is 1. The van der Waals surface area contributed by atoms with Gasteiger partial charge in [0.25, 0.3) is 5.91 Å². The van der Waals surface area contributed by atoms with Crippen molar-refractivity contribution in [2.45, 2.75) is 19.3 Å². The van der Waals surface area contributed by atoms with E-state index in [-0.39, 0.29) is 30.5 Å². The highest BCUT2D eigenvalue weighted by molar-refractivity contribution is 5.99. The second kappa shape index (κ2) is 10.7. The molecule has 0 spiro atoms. The molecule has 0 radical (unpaired) electrons. The number of aryl methyl sites for hydroxylation is 2. The standard InChI is InChI=1S/C27H25NO6/c1-32-24-7-3-6-22(15-24)28-26(30)17-33-23-12-10-19(11-13-23)27(31)34-16-25(29)21-9-8-18-4-2-5-20(18)14-21/h3,6-15H,2,4-5,16-17H2,1H3,(H,28,30). The minimum absolute atomic E-state index is 0.198. The van der Waals surface area contributed by atoms with Crippen molar-refractivity contribution < 1.29 is 28.6 Å². The van der Waals surface area contributed by atoms with Crippen molar-refractivity contribution in [2.24, 2.45) is 0 Å². The summed E-state index contributed by atoms with van der Waals surface area (Å²) in [5.41, 5.74) is 3.93. The average molecular weight is 459 g/mol. The van der Waals surface area contributed by atoms with Gasteiger partial charge in [-0.2, -0.15) is 0 Å². The van der Waals surface area contributed by atoms with Gasteiger partial charge in [0.2, 0.25) is 0 Å². The molecule has 174 valence electrons. The molecule has 0 heterocycles. The third kappa shape index (κ3) is 5.81. The molecule has 1 aliphatic carbocycles. The number of carbonyl (C=O) groups is 3. The molecule has 0 saturated heterocycles. The molecule has 0 aliphatic heterocycles. The van der Waals surface area contributed by atoms with Crippen LogP contribution in [-0.2, 0) is 22.4 Å². The van der Waals surface area contributed by atoms with E-state index >= 15 is 0 Å². The lowest BCUT2D eigenvalue weighted by atomic mass is 10.0. The maximum atomic E-state index is 12.4. The Balaban J connectivity index is 1.24. The number of methoxy groups -OCH3 is 1. The Kier molecular flexibility index (Phi) is 7.22. The van der Waals surface area contributed by atoms with Crippen molar-refractivity contribution in [3.63, 3.8) is 0 Å². The topological polar surface area (TPSA) is 90.9 Å². The number of Topliss-reactive ketones (excluding diaryl/α,β-unsaturated/α-hetero) is 1. The van der Waals surface area contributed by atoms with Gasteiger partial charge in [0.05, 0.1) is 12.7 Å². The normalized spacial score (nSPS) is 11.9. The van der Waals surface area contributed by atoms with Crippen LogP contribution in [-0.4, -0.2) is 38.0 Å². The Labute approximate surface area is 197 Å². The van der Waals surface area contributed by atoms with Crippen molar-refractivity contribution >= 4 is 23.3 Å². The highest BCUT2D eigenvalue weighted by atomic mass is 16.5. The van der Waals surface area contributed by atoms with Gasteiger partial charge < -0.3 is 19.5 Å². The van der Waals surface area contributed by atoms with Gasteiger partial charge >= 0.3 is 5.97 Å². The van der Waals surface area contributed by atoms with Crippen LogP contribution in [0.4, 0.5) is 5.69 Å². The van der Waals surface area contributed by atoms with Gasteiger partial charge in [-0.05, 0) is 72.9 Å². The number of hydrogen-bond acceptors (Lipinski definition) is 6. The van der Waals surface area contributed by atoms with Crippen LogP contribution in [0.25, 0.3) is 0 Å². The zero-order chi connectivity index (χ0) is 23.9. The highest BCUT2D eigenvalue weighted by Crippen LogP contribution is 2.23. The molecule has 0 unspecified atom stereocenters. The first-order chi connectivity index (χ1) is 16.5. The third-order valence-electron chi connectivity index (χ3n) is 5.57. The Hall–Kier alpha value is -4.13. The third-order valence-corrected chi connectivity index (χ3v) is 5.57. The Bertz CT molecular complexity index is 1200. The molecule has 0 saturated carbocycles. The van der Waals surface area contributed by atoms with Gasteiger partial charge in [-0.1, -0.05) is 18.2 Å². The molecule has 4 rings (SSSR count). The SMILES string of the molecule is COc1cccc(NC(=O)COc2ccc(C(=O)OCC(=O)c3ccc4c(c3)CCC4)cc2)c1. The van der Waals surface area contributed by atoms with Crippen LogP contribution in [0.2, 0.25) is 0 Å². The van der Waals surface area contributed by atoms with Crippen LogP contribution in [0.15, 0.2) is 66.7 Å². The molecular formula is C27H25NO6. The molecule has 7 heteroatoms. The van der Waals surface area contributed by atoms with Crippen LogP contribution in [0, 0.1) is 0 Å². The van der Waals surface area contributed by atoms with Crippen molar-refractivity contribution in [1.82, 2.24) is 0 Å². The van der Waals surface area contributed by atoms with Gasteiger partial charge in [0.1, 0.15) is 11.5 Å². The van der Waals surface area contributed by atoms with E-state index in [0.717, 1.165) is 19.3 Å². The maximum absolute atomic E-state index is 12.4. The number of ether oxygens (including phenoxy) is 3. The summed E-state index contributed by atoms with van der Waals surface area (Å²) in [5.74, 6) is -0.106. The summed E-state index contributed by atoms with van der Waals surface area (Å²) in [4.78, 5) is 36.8. The number of anilines is 1. The van der Waals surface area contributed by atoms with Crippen LogP contribution in [0.1, 0.15) is 38.3 Å². The van der Waals surface area contributed by atoms with E-state index < -0.39 is 5.97 Å². The molecule has 0 fully saturated rings. The van der Waals surface area contributed by atoms with Crippen molar-refractivity contribution in [2.75, 3.05) is 25.6 Å². The highest BCUT2D eigenvalue weighted by Gasteiger charge is 2.16. The number of esters is 1. The Morgan fingerprint density at radius 1 is 0.824 bits per heavy atom. The van der Waals surface area contributed by atoms with Gasteiger partial charge in [0.15, 0.2) is 19.0 Å². The predicted octanol–water partition coefficient (Wildman–Crippen LogP) is 4.24. The number of carbonyl (C=O) groups excluding carboxylic acids is 3. The summed E-state index contributed by atoms with van der Waals surface area (Å²) in [6.45, 7) is -0.517. The average Bonchev–Trinajstić information content (AvgIpc) is 3.34. The minimum Gasteiger partial charge on any atom is -0.497 e. The summed E-state index contributed by atoms with van der Waals surface area (Å²) in [7, 11) is 1.55. The van der Waals surface area contributed by atoms with Crippen LogP contribution < -0.4 is 14.8 Å². The molecular weight excluding hydrogens is 434 g/mol. The molecule has 1 amide bonds. The van der Waals surface area contributed by atoms with E-state index in [4.69, 9.17) is 14.2 Å². The first-order valence-electron chi connectivity index (χ1n) is 11.0. The van der Waals surface area contributed by atoms with E-state index in [1.807, 2.05) is 12.1 Å². The number of ketones is 1. The van der Waals surface area contributed by atoms with E-state index in [0.29, 0.717) is 22.7 Å². The molecule has 3 aromatic carbocycles. The second-order valence-electron chi connectivity index (χ2n) is 7.93. The zero-order valence-corrected chi connectivity index (χ0v) is 18.8. The van der Waals surface area contributed by atoms with Crippen LogP contribution >= 0.6 is 0 Å². The number of nitrogens with one attached hydrogen (secondary N) is 1. The molecule has 0 aromatic heterocycles. The minimum atomic E-state index is -0.600. The molecule has 34 heavy (non-hydrogen) atoms. The van der Waals surface area contributed by atoms with E-state index in [2.05, 4.69) is 5.32 Å². The predicted molar refractivity (Wildman–Crippen MR) is 127 cm³/mol. The maximum Gasteiger partial charge on any atom is 0.338 e. The summed E-state index contributed by atoms with van der Waals surface area (Å²) in [5, 5.41) is 2.72. The fourth-order valence-corrected chi connectivity index (χ4v) is 3.78. The van der Waals surface area contributed by atoms with Crippen LogP contribution in [0.5, 0.6) is 11.5 Å². The lowest BCUT2D eigenvalue weighted by molar-refractivity contribution is -0.118. The lowest BCUT2D eigenvalue weighted by Gasteiger charge is -2.09. The van der Waals surface area contributed by atoms with E-state index in [9.17, 15) is 14.4 Å². The quantitative estimate of drug-likeness (QED) is 0.380. The number of benzene rings is 3. The smallest absolute Gasteiger partial charge is 0.338 e. The fourth-order valence-electron chi connectivity index (χ4n) is 3.78. The summed E-state index contributed by atoms with van der Waals surface area (Å²) in [6, 6.07) is 18.8. The molecule has 0 atom stereocenters. The van der Waals surface area contributed by atoms with E-state index in [1.54, 1.807) is 49.6 Å². The summed E-state index contributed by atoms with van der Waals surface area (Å²) in [6.07, 6.45) is 3.13. The van der Waals surface area contributed by atoms with Crippen molar-refractivity contribution in [3.05, 3.63) is 89.0 Å². The monoisotopic (exact) mass is 459 g/mol. The van der Waals surface area contributed by atoms with Gasteiger partial charge in [-0.15, -0.1) is 0 Å². The number of hydrogen-bond donors (Lipinski definition) is 1. The second-order valence-corrected chi connectivity index (χ2v) is 7.93. The molecule has 1 N–H and O–H groups in total. The zero-order valence-electron chi connectivity index (χ0n) is 18.8. The van der Waals surface area contributed by atoms with Crippen molar-refractivity contribution in [3.8, 4) is 11.5 Å².